The number of nitrogens with zero attached hydrogens (tertiary/aromatic N) is 1. The van der Waals surface area contributed by atoms with E-state index in [2.05, 4.69) is 24.1 Å². The van der Waals surface area contributed by atoms with Crippen molar-refractivity contribution >= 4 is 0 Å². The molecule has 3 rings (SSSR count). The summed E-state index contributed by atoms with van der Waals surface area (Å²) in [6, 6.07) is 0. The number of likely N-dealkylation sites (tertiary alicyclic amines) is 1. The SMILES string of the molecule is CN1CC[C@@H]2C3=CCCC=C3O[C@@H]2C1. The zero-order valence-electron chi connectivity index (χ0n) is 8.70. The highest BCUT2D eigenvalue weighted by atomic mass is 16.5. The molecule has 0 unspecified atom stereocenters. The predicted molar refractivity (Wildman–Crippen MR) is 55.9 cm³/mol. The maximum atomic E-state index is 5.99. The normalized spacial score (nSPS) is 36.6. The zero-order chi connectivity index (χ0) is 9.54. The highest BCUT2D eigenvalue weighted by Gasteiger charge is 2.40. The van der Waals surface area contributed by atoms with Crippen molar-refractivity contribution < 1.29 is 4.74 Å². The van der Waals surface area contributed by atoms with Crippen molar-refractivity contribution in [2.24, 2.45) is 5.92 Å². The van der Waals surface area contributed by atoms with Crippen LogP contribution < -0.4 is 0 Å². The second kappa shape index (κ2) is 3.13. The quantitative estimate of drug-likeness (QED) is 0.580. The third-order valence-electron chi connectivity index (χ3n) is 3.59. The van der Waals surface area contributed by atoms with Crippen molar-refractivity contribution in [3.05, 3.63) is 23.5 Å². The number of hydrogen-bond acceptors (Lipinski definition) is 2. The van der Waals surface area contributed by atoms with Crippen LogP contribution in [0.3, 0.4) is 0 Å². The zero-order valence-corrected chi connectivity index (χ0v) is 8.70. The molecular formula is C12H17NO. The molecule has 2 heteroatoms. The lowest BCUT2D eigenvalue weighted by molar-refractivity contribution is 0.0601. The van der Waals surface area contributed by atoms with E-state index in [0.717, 1.165) is 13.0 Å². The van der Waals surface area contributed by atoms with Gasteiger partial charge in [0.05, 0.1) is 0 Å². The first-order chi connectivity index (χ1) is 6.84. The van der Waals surface area contributed by atoms with Crippen LogP contribution in [0, 0.1) is 5.92 Å². The van der Waals surface area contributed by atoms with Crippen molar-refractivity contribution in [3.63, 3.8) is 0 Å². The Labute approximate surface area is 85.2 Å². The van der Waals surface area contributed by atoms with Crippen LogP contribution in [-0.2, 0) is 4.74 Å². The number of likely N-dealkylation sites (N-methyl/N-ethyl adjacent to an activating group) is 1. The van der Waals surface area contributed by atoms with E-state index in [1.54, 1.807) is 0 Å². The minimum Gasteiger partial charge on any atom is -0.489 e. The van der Waals surface area contributed by atoms with E-state index in [-0.39, 0.29) is 0 Å². The number of piperidine rings is 1. The van der Waals surface area contributed by atoms with Gasteiger partial charge in [-0.15, -0.1) is 0 Å². The average Bonchev–Trinajstić information content (AvgIpc) is 2.54. The molecule has 1 aliphatic carbocycles. The van der Waals surface area contributed by atoms with Crippen LogP contribution in [0.4, 0.5) is 0 Å². The summed E-state index contributed by atoms with van der Waals surface area (Å²) in [7, 11) is 2.18. The molecule has 0 aromatic carbocycles. The molecule has 3 aliphatic rings. The first-order valence-electron chi connectivity index (χ1n) is 5.60. The minimum absolute atomic E-state index is 0.435. The van der Waals surface area contributed by atoms with E-state index in [1.165, 1.54) is 30.7 Å². The van der Waals surface area contributed by atoms with Gasteiger partial charge >= 0.3 is 0 Å². The highest BCUT2D eigenvalue weighted by Crippen LogP contribution is 2.41. The summed E-state index contributed by atoms with van der Waals surface area (Å²) < 4.78 is 5.99. The Morgan fingerprint density at radius 3 is 3.14 bits per heavy atom. The van der Waals surface area contributed by atoms with Gasteiger partial charge in [0.15, 0.2) is 0 Å². The lowest BCUT2D eigenvalue weighted by Gasteiger charge is -2.30. The molecule has 0 bridgehead atoms. The summed E-state index contributed by atoms with van der Waals surface area (Å²) in [5, 5.41) is 0. The summed E-state index contributed by atoms with van der Waals surface area (Å²) in [5.74, 6) is 1.89. The summed E-state index contributed by atoms with van der Waals surface area (Å²) in [6.07, 6.45) is 8.74. The molecule has 76 valence electrons. The molecule has 2 nitrogen and oxygen atoms in total. The highest BCUT2D eigenvalue weighted by molar-refractivity contribution is 5.36. The summed E-state index contributed by atoms with van der Waals surface area (Å²) in [5.41, 5.74) is 1.51. The molecule has 2 atom stereocenters. The molecular weight excluding hydrogens is 174 g/mol. The van der Waals surface area contributed by atoms with Crippen LogP contribution >= 0.6 is 0 Å². The number of ether oxygens (including phenoxy) is 1. The number of fused-ring (bicyclic) bond motifs is 3. The molecule has 0 aromatic heterocycles. The number of rotatable bonds is 0. The Balaban J connectivity index is 1.88. The van der Waals surface area contributed by atoms with Gasteiger partial charge in [-0.25, -0.2) is 0 Å². The van der Waals surface area contributed by atoms with Crippen molar-refractivity contribution in [2.75, 3.05) is 20.1 Å². The molecule has 0 amide bonds. The van der Waals surface area contributed by atoms with Gasteiger partial charge in [-0.05, 0) is 44.5 Å². The van der Waals surface area contributed by atoms with E-state index in [9.17, 15) is 0 Å². The first kappa shape index (κ1) is 8.54. The third kappa shape index (κ3) is 1.21. The topological polar surface area (TPSA) is 12.5 Å². The lowest BCUT2D eigenvalue weighted by Crippen LogP contribution is -2.40. The van der Waals surface area contributed by atoms with Crippen LogP contribution in [0.2, 0.25) is 0 Å². The molecule has 14 heavy (non-hydrogen) atoms. The Morgan fingerprint density at radius 1 is 1.36 bits per heavy atom. The maximum Gasteiger partial charge on any atom is 0.119 e. The minimum atomic E-state index is 0.435. The molecule has 0 saturated carbocycles. The Kier molecular flexibility index (Phi) is 1.91. The number of hydrogen-bond donors (Lipinski definition) is 0. The molecule has 2 aliphatic heterocycles. The second-order valence-corrected chi connectivity index (χ2v) is 4.62. The van der Waals surface area contributed by atoms with Crippen LogP contribution in [0.5, 0.6) is 0 Å². The van der Waals surface area contributed by atoms with Crippen molar-refractivity contribution in [1.29, 1.82) is 0 Å². The Hall–Kier alpha value is -0.760. The molecule has 2 fully saturated rings. The van der Waals surface area contributed by atoms with Crippen LogP contribution in [0.25, 0.3) is 0 Å². The number of allylic oxidation sites excluding steroid dienone is 3. The van der Waals surface area contributed by atoms with E-state index < -0.39 is 0 Å². The van der Waals surface area contributed by atoms with Gasteiger partial charge in [-0.2, -0.15) is 0 Å². The summed E-state index contributed by atoms with van der Waals surface area (Å²) in [4.78, 5) is 2.37. The van der Waals surface area contributed by atoms with Gasteiger partial charge in [0.1, 0.15) is 11.9 Å². The lowest BCUT2D eigenvalue weighted by atomic mass is 9.86. The van der Waals surface area contributed by atoms with Gasteiger partial charge in [0.25, 0.3) is 0 Å². The fraction of sp³-hybridized carbons (Fsp3) is 0.667. The molecule has 0 spiro atoms. The molecule has 0 aromatic rings. The maximum absolute atomic E-state index is 5.99. The fourth-order valence-electron chi connectivity index (χ4n) is 2.83. The fourth-order valence-corrected chi connectivity index (χ4v) is 2.83. The van der Waals surface area contributed by atoms with Crippen LogP contribution in [0.1, 0.15) is 19.3 Å². The van der Waals surface area contributed by atoms with E-state index in [4.69, 9.17) is 4.74 Å². The van der Waals surface area contributed by atoms with Gasteiger partial charge in [0.2, 0.25) is 0 Å². The van der Waals surface area contributed by atoms with Gasteiger partial charge in [-0.1, -0.05) is 6.08 Å². The van der Waals surface area contributed by atoms with Gasteiger partial charge in [0, 0.05) is 12.5 Å². The third-order valence-corrected chi connectivity index (χ3v) is 3.59. The van der Waals surface area contributed by atoms with E-state index in [0.29, 0.717) is 12.0 Å². The van der Waals surface area contributed by atoms with E-state index >= 15 is 0 Å². The average molecular weight is 191 g/mol. The Bertz CT molecular complexity index is 305. The molecule has 0 N–H and O–H groups in total. The first-order valence-corrected chi connectivity index (χ1v) is 5.60. The molecule has 2 heterocycles. The standard InChI is InChI=1S/C12H17NO/c1-13-7-6-10-9-4-2-3-5-11(9)14-12(10)8-13/h4-5,10,12H,2-3,6-8H2,1H3/t10-,12-/m1/s1. The van der Waals surface area contributed by atoms with Crippen LogP contribution in [-0.4, -0.2) is 31.1 Å². The second-order valence-electron chi connectivity index (χ2n) is 4.62. The van der Waals surface area contributed by atoms with Gasteiger partial charge < -0.3 is 9.64 Å². The Morgan fingerprint density at radius 2 is 2.21 bits per heavy atom. The monoisotopic (exact) mass is 191 g/mol. The largest absolute Gasteiger partial charge is 0.489 e. The van der Waals surface area contributed by atoms with Crippen molar-refractivity contribution in [1.82, 2.24) is 4.90 Å². The molecule has 2 saturated heterocycles. The van der Waals surface area contributed by atoms with Crippen molar-refractivity contribution in [3.8, 4) is 0 Å². The van der Waals surface area contributed by atoms with Gasteiger partial charge in [-0.3, -0.25) is 0 Å². The predicted octanol–water partition coefficient (Wildman–Crippen LogP) is 1.94. The van der Waals surface area contributed by atoms with E-state index in [1.807, 2.05) is 0 Å². The van der Waals surface area contributed by atoms with Crippen LogP contribution in [0.15, 0.2) is 23.5 Å². The summed E-state index contributed by atoms with van der Waals surface area (Å²) >= 11 is 0. The van der Waals surface area contributed by atoms with Crippen molar-refractivity contribution in [2.45, 2.75) is 25.4 Å². The smallest absolute Gasteiger partial charge is 0.119 e. The summed E-state index contributed by atoms with van der Waals surface area (Å²) in [6.45, 7) is 2.31. The molecule has 0 radical (unpaired) electrons.